The molecule has 0 amide bonds. The van der Waals surface area contributed by atoms with Crippen LogP contribution in [0.2, 0.25) is 0 Å². The Bertz CT molecular complexity index is 1420. The number of hydrogen-bond donors (Lipinski definition) is 3. The molecule has 0 aromatic heterocycles. The number of unbranched alkanes of at least 4 members (excludes halogenated alkanes) is 5. The molecule has 6 rings (SSSR count). The fraction of sp³-hybridized carbons (Fsp3) is 0.705. The Morgan fingerprint density at radius 2 is 1.52 bits per heavy atom. The topological polar surface area (TPSA) is 96.2 Å². The summed E-state index contributed by atoms with van der Waals surface area (Å²) < 4.78 is 12.3. The number of carbonyl (C=O) groups is 1. The summed E-state index contributed by atoms with van der Waals surface area (Å²) in [7, 11) is 0. The van der Waals surface area contributed by atoms with Crippen LogP contribution in [0.15, 0.2) is 48.5 Å². The molecule has 4 aliphatic rings. The van der Waals surface area contributed by atoms with Crippen molar-refractivity contribution in [3.05, 3.63) is 48.5 Å². The predicted octanol–water partition coefficient (Wildman–Crippen LogP) is 9.38. The minimum Gasteiger partial charge on any atom is -0.493 e. The molecule has 0 aliphatic heterocycles. The van der Waals surface area contributed by atoms with Crippen molar-refractivity contribution in [1.82, 2.24) is 0 Å². The van der Waals surface area contributed by atoms with Crippen LogP contribution in [0.4, 0.5) is 0 Å². The molecule has 0 unspecified atom stereocenters. The highest BCUT2D eigenvalue weighted by Gasteiger charge is 2.65. The second kappa shape index (κ2) is 16.1. The third-order valence-electron chi connectivity index (χ3n) is 14.4. The lowest BCUT2D eigenvalue weighted by molar-refractivity contribution is -0.207. The maximum Gasteiger partial charge on any atom is 0.311 e. The standard InChI is InChI=1S/C44H64O6/c1-5-6-7-8-9-14-25-49-38-17-12-10-15-32(38)33-16-11-13-18-39(33)50-41(48)22-19-29(2)34-20-21-35-42-36(28-40(47)44(34,35)4)43(3)24-23-31(45)26-30(43)27-37(42)46/h10-13,15-18,29-31,34-37,40,42,45-47H,5-9,14,19-28H2,1-4H3/t29-,30+,31-,34-,35+,36+,37-,40+,42+,43+,44-/m1/s1. The third kappa shape index (κ3) is 7.41. The summed E-state index contributed by atoms with van der Waals surface area (Å²) in [4.78, 5) is 13.4. The molecular weight excluding hydrogens is 624 g/mol. The van der Waals surface area contributed by atoms with Gasteiger partial charge in [0.2, 0.25) is 0 Å². The van der Waals surface area contributed by atoms with Crippen molar-refractivity contribution in [3.8, 4) is 22.6 Å². The van der Waals surface area contributed by atoms with Gasteiger partial charge in [-0.15, -0.1) is 0 Å². The van der Waals surface area contributed by atoms with Crippen molar-refractivity contribution in [2.45, 2.75) is 142 Å². The molecule has 4 fully saturated rings. The van der Waals surface area contributed by atoms with E-state index in [-0.39, 0.29) is 58.6 Å². The van der Waals surface area contributed by atoms with Crippen molar-refractivity contribution in [2.24, 2.45) is 46.3 Å². The summed E-state index contributed by atoms with van der Waals surface area (Å²) in [5, 5.41) is 34.0. The molecule has 3 N–H and O–H groups in total. The smallest absolute Gasteiger partial charge is 0.311 e. The number of hydrogen-bond acceptors (Lipinski definition) is 6. The maximum atomic E-state index is 13.4. The quantitative estimate of drug-likeness (QED) is 0.104. The lowest BCUT2D eigenvalue weighted by Crippen LogP contribution is -2.62. The Kier molecular flexibility index (Phi) is 12.0. The number of carbonyl (C=O) groups excluding carboxylic acids is 1. The zero-order valence-electron chi connectivity index (χ0n) is 31.2. The second-order valence-electron chi connectivity index (χ2n) is 17.1. The van der Waals surface area contributed by atoms with E-state index >= 15 is 0 Å². The normalized spacial score (nSPS) is 35.4. The molecule has 4 saturated carbocycles. The Balaban J connectivity index is 1.07. The van der Waals surface area contributed by atoms with E-state index in [4.69, 9.17) is 9.47 Å². The first-order chi connectivity index (χ1) is 24.1. The zero-order chi connectivity index (χ0) is 35.5. The fourth-order valence-electron chi connectivity index (χ4n) is 11.5. The van der Waals surface area contributed by atoms with Crippen LogP contribution >= 0.6 is 0 Å². The average molecular weight is 689 g/mol. The summed E-state index contributed by atoms with van der Waals surface area (Å²) in [6, 6.07) is 15.7. The first-order valence-electron chi connectivity index (χ1n) is 20.1. The van der Waals surface area contributed by atoms with Crippen LogP contribution in [-0.4, -0.2) is 46.2 Å². The van der Waals surface area contributed by atoms with E-state index in [1.807, 2.05) is 48.5 Å². The van der Waals surface area contributed by atoms with Gasteiger partial charge >= 0.3 is 5.97 Å². The summed E-state index contributed by atoms with van der Waals surface area (Å²) >= 11 is 0. The van der Waals surface area contributed by atoms with Gasteiger partial charge in [-0.3, -0.25) is 4.79 Å². The molecule has 6 nitrogen and oxygen atoms in total. The monoisotopic (exact) mass is 688 g/mol. The summed E-state index contributed by atoms with van der Waals surface area (Å²) in [5.74, 6) is 2.71. The number of aliphatic hydroxyl groups excluding tert-OH is 3. The molecule has 276 valence electrons. The van der Waals surface area contributed by atoms with Gasteiger partial charge in [0, 0.05) is 17.5 Å². The first-order valence-corrected chi connectivity index (χ1v) is 20.1. The number of esters is 1. The van der Waals surface area contributed by atoms with Crippen LogP contribution in [0.5, 0.6) is 11.5 Å². The van der Waals surface area contributed by atoms with Crippen molar-refractivity contribution in [3.63, 3.8) is 0 Å². The Morgan fingerprint density at radius 3 is 2.28 bits per heavy atom. The number of rotatable bonds is 14. The number of para-hydroxylation sites is 2. The van der Waals surface area contributed by atoms with Crippen LogP contribution in [0.25, 0.3) is 11.1 Å². The summed E-state index contributed by atoms with van der Waals surface area (Å²) in [5.41, 5.74) is 1.57. The van der Waals surface area contributed by atoms with Crippen molar-refractivity contribution in [1.29, 1.82) is 0 Å². The third-order valence-corrected chi connectivity index (χ3v) is 14.4. The summed E-state index contributed by atoms with van der Waals surface area (Å²) in [6.45, 7) is 9.80. The molecule has 0 radical (unpaired) electrons. The largest absolute Gasteiger partial charge is 0.493 e. The van der Waals surface area contributed by atoms with E-state index in [1.54, 1.807) is 0 Å². The van der Waals surface area contributed by atoms with Gasteiger partial charge in [0.25, 0.3) is 0 Å². The van der Waals surface area contributed by atoms with E-state index in [0.29, 0.717) is 31.1 Å². The SMILES string of the molecule is CCCCCCCCOc1ccccc1-c1ccccc1OC(=O)CC[C@@H](C)[C@H]1CC[C@H]2[C@@H]3[C@H](O)C[C@@H]4C[C@H](O)CC[C@]4(C)[C@H]3C[C@H](O)[C@]12C. The Hall–Kier alpha value is -2.41. The molecule has 0 heterocycles. The lowest BCUT2D eigenvalue weighted by Gasteiger charge is -2.63. The van der Waals surface area contributed by atoms with Gasteiger partial charge in [-0.25, -0.2) is 0 Å². The van der Waals surface area contributed by atoms with Gasteiger partial charge in [-0.2, -0.15) is 0 Å². The molecular formula is C44H64O6. The predicted molar refractivity (Wildman–Crippen MR) is 199 cm³/mol. The fourth-order valence-corrected chi connectivity index (χ4v) is 11.5. The van der Waals surface area contributed by atoms with Crippen molar-refractivity contribution >= 4 is 5.97 Å². The highest BCUT2D eigenvalue weighted by atomic mass is 16.5. The molecule has 4 aliphatic carbocycles. The van der Waals surface area contributed by atoms with Gasteiger partial charge in [-0.1, -0.05) is 96.2 Å². The van der Waals surface area contributed by atoms with Gasteiger partial charge in [0.05, 0.1) is 24.9 Å². The van der Waals surface area contributed by atoms with Crippen LogP contribution < -0.4 is 9.47 Å². The van der Waals surface area contributed by atoms with Crippen LogP contribution in [0.3, 0.4) is 0 Å². The number of benzene rings is 2. The molecule has 50 heavy (non-hydrogen) atoms. The molecule has 0 spiro atoms. The van der Waals surface area contributed by atoms with Crippen molar-refractivity contribution < 1.29 is 29.6 Å². The lowest BCUT2D eigenvalue weighted by atomic mass is 9.43. The molecule has 2 aromatic carbocycles. The van der Waals surface area contributed by atoms with Gasteiger partial charge in [-0.05, 0) is 116 Å². The Morgan fingerprint density at radius 1 is 0.840 bits per heavy atom. The minimum absolute atomic E-state index is 0.0652. The van der Waals surface area contributed by atoms with Crippen molar-refractivity contribution in [2.75, 3.05) is 6.61 Å². The highest BCUT2D eigenvalue weighted by molar-refractivity contribution is 5.80. The van der Waals surface area contributed by atoms with Gasteiger partial charge in [0.1, 0.15) is 11.5 Å². The van der Waals surface area contributed by atoms with E-state index in [1.165, 1.54) is 32.1 Å². The maximum absolute atomic E-state index is 13.4. The minimum atomic E-state index is -0.430. The number of ether oxygens (including phenoxy) is 2. The van der Waals surface area contributed by atoms with E-state index < -0.39 is 6.10 Å². The van der Waals surface area contributed by atoms with E-state index in [0.717, 1.165) is 68.2 Å². The van der Waals surface area contributed by atoms with Crippen LogP contribution in [0, 0.1) is 46.3 Å². The molecule has 0 saturated heterocycles. The number of fused-ring (bicyclic) bond motifs is 5. The first kappa shape index (κ1) is 37.4. The molecule has 0 bridgehead atoms. The zero-order valence-corrected chi connectivity index (χ0v) is 31.2. The average Bonchev–Trinajstić information content (AvgIpc) is 3.47. The summed E-state index contributed by atoms with van der Waals surface area (Å²) in [6.07, 6.45) is 13.3. The van der Waals surface area contributed by atoms with Gasteiger partial charge in [0.15, 0.2) is 0 Å². The molecule has 11 atom stereocenters. The Labute approximate surface area is 301 Å². The molecule has 6 heteroatoms. The van der Waals surface area contributed by atoms with E-state index in [9.17, 15) is 20.1 Å². The second-order valence-corrected chi connectivity index (χ2v) is 17.1. The van der Waals surface area contributed by atoms with Gasteiger partial charge < -0.3 is 24.8 Å². The highest BCUT2D eigenvalue weighted by Crippen LogP contribution is 2.68. The van der Waals surface area contributed by atoms with Crippen LogP contribution in [-0.2, 0) is 4.79 Å². The van der Waals surface area contributed by atoms with Crippen LogP contribution in [0.1, 0.15) is 124 Å². The van der Waals surface area contributed by atoms with E-state index in [2.05, 4.69) is 27.7 Å². The molecule has 2 aromatic rings. The number of aliphatic hydroxyl groups is 3.